The summed E-state index contributed by atoms with van der Waals surface area (Å²) in [6.07, 6.45) is 6.67. The Labute approximate surface area is 191 Å². The van der Waals surface area contributed by atoms with Gasteiger partial charge in [0.2, 0.25) is 0 Å². The van der Waals surface area contributed by atoms with E-state index in [0.29, 0.717) is 17.9 Å². The predicted octanol–water partition coefficient (Wildman–Crippen LogP) is 4.17. The Morgan fingerprint density at radius 3 is 2.48 bits per heavy atom. The number of hydrogen-bond donors (Lipinski definition) is 2. The molecule has 7 nitrogen and oxygen atoms in total. The summed E-state index contributed by atoms with van der Waals surface area (Å²) in [6, 6.07) is 18.5. The van der Waals surface area contributed by atoms with Crippen molar-refractivity contribution in [3.8, 4) is 5.69 Å². The van der Waals surface area contributed by atoms with Crippen molar-refractivity contribution in [2.75, 3.05) is 0 Å². The molecule has 2 aromatic heterocycles. The highest BCUT2D eigenvalue weighted by molar-refractivity contribution is 6.05. The maximum atomic E-state index is 12.9. The molecule has 33 heavy (non-hydrogen) atoms. The van der Waals surface area contributed by atoms with Gasteiger partial charge in [-0.25, -0.2) is 4.98 Å². The number of furan rings is 1. The average molecular weight is 441 g/mol. The largest absolute Gasteiger partial charge is 0.465 e. The predicted molar refractivity (Wildman–Crippen MR) is 125 cm³/mol. The first-order chi connectivity index (χ1) is 16.0. The molecule has 0 fully saturated rings. The molecule has 0 bridgehead atoms. The molecule has 0 aliphatic carbocycles. The number of nitrogens with one attached hydrogen (secondary N) is 2. The minimum Gasteiger partial charge on any atom is -0.465 e. The van der Waals surface area contributed by atoms with Crippen LogP contribution in [-0.2, 0) is 11.3 Å². The molecule has 0 radical (unpaired) electrons. The zero-order valence-electron chi connectivity index (χ0n) is 18.4. The molecule has 2 N–H and O–H groups in total. The summed E-state index contributed by atoms with van der Waals surface area (Å²) in [5, 5.41) is 5.59. The Kier molecular flexibility index (Phi) is 6.50. The zero-order valence-corrected chi connectivity index (χ0v) is 18.4. The second-order valence-electron chi connectivity index (χ2n) is 7.54. The molecular weight excluding hydrogens is 416 g/mol. The van der Waals surface area contributed by atoms with E-state index in [9.17, 15) is 9.59 Å². The third kappa shape index (κ3) is 5.27. The Hall–Kier alpha value is -4.39. The van der Waals surface area contributed by atoms with Gasteiger partial charge in [-0.2, -0.15) is 0 Å². The van der Waals surface area contributed by atoms with Gasteiger partial charge in [-0.05, 0) is 55.3 Å². The van der Waals surface area contributed by atoms with Crippen LogP contribution in [0.25, 0.3) is 11.8 Å². The van der Waals surface area contributed by atoms with Crippen molar-refractivity contribution >= 4 is 17.9 Å². The minimum absolute atomic E-state index is 0.101. The Morgan fingerprint density at radius 1 is 1.03 bits per heavy atom. The average Bonchev–Trinajstić information content (AvgIpc) is 3.49. The third-order valence-corrected chi connectivity index (χ3v) is 5.21. The van der Waals surface area contributed by atoms with Gasteiger partial charge in [0.05, 0.1) is 6.26 Å². The second-order valence-corrected chi connectivity index (χ2v) is 7.54. The SMILES string of the molecule is Cc1ccccc1C(=O)N/C(=C\c1ccco1)C(=O)NCc1ccc(-n2ccnc2C)cc1. The number of carbonyl (C=O) groups excluding carboxylic acids is 2. The fraction of sp³-hybridized carbons (Fsp3) is 0.115. The van der Waals surface area contributed by atoms with E-state index in [1.54, 1.807) is 30.5 Å². The number of imidazole rings is 1. The summed E-state index contributed by atoms with van der Waals surface area (Å²) in [5.74, 6) is 0.586. The lowest BCUT2D eigenvalue weighted by molar-refractivity contribution is -0.117. The van der Waals surface area contributed by atoms with Gasteiger partial charge in [0, 0.05) is 36.3 Å². The van der Waals surface area contributed by atoms with Crippen molar-refractivity contribution in [2.45, 2.75) is 20.4 Å². The Morgan fingerprint density at radius 2 is 1.82 bits per heavy atom. The molecule has 2 aromatic carbocycles. The van der Waals surface area contributed by atoms with Gasteiger partial charge in [-0.1, -0.05) is 30.3 Å². The highest BCUT2D eigenvalue weighted by atomic mass is 16.3. The lowest BCUT2D eigenvalue weighted by Gasteiger charge is -2.12. The monoisotopic (exact) mass is 440 g/mol. The lowest BCUT2D eigenvalue weighted by Crippen LogP contribution is -2.34. The molecule has 0 aliphatic heterocycles. The normalized spacial score (nSPS) is 11.3. The van der Waals surface area contributed by atoms with Crippen LogP contribution in [0.4, 0.5) is 0 Å². The fourth-order valence-corrected chi connectivity index (χ4v) is 3.39. The van der Waals surface area contributed by atoms with Gasteiger partial charge in [0.1, 0.15) is 17.3 Å². The van der Waals surface area contributed by atoms with Crippen LogP contribution < -0.4 is 10.6 Å². The number of amides is 2. The molecule has 4 rings (SSSR count). The minimum atomic E-state index is -0.414. The fourth-order valence-electron chi connectivity index (χ4n) is 3.39. The molecule has 0 unspecified atom stereocenters. The highest BCUT2D eigenvalue weighted by Gasteiger charge is 2.16. The molecule has 4 aromatic rings. The number of hydrogen-bond acceptors (Lipinski definition) is 4. The van der Waals surface area contributed by atoms with Crippen LogP contribution in [0.1, 0.15) is 33.1 Å². The van der Waals surface area contributed by atoms with Crippen molar-refractivity contribution < 1.29 is 14.0 Å². The van der Waals surface area contributed by atoms with Crippen LogP contribution in [0.3, 0.4) is 0 Å². The van der Waals surface area contributed by atoms with Crippen LogP contribution >= 0.6 is 0 Å². The van der Waals surface area contributed by atoms with Gasteiger partial charge in [-0.3, -0.25) is 9.59 Å². The van der Waals surface area contributed by atoms with E-state index in [4.69, 9.17) is 4.42 Å². The molecule has 2 amide bonds. The second kappa shape index (κ2) is 9.82. The molecule has 166 valence electrons. The molecule has 0 atom stereocenters. The standard InChI is InChI=1S/C26H24N4O3/c1-18-6-3-4-8-23(18)25(31)29-24(16-22-7-5-15-33-22)26(32)28-17-20-9-11-21(12-10-20)30-14-13-27-19(30)2/h3-16H,17H2,1-2H3,(H,28,32)(H,29,31)/b24-16-. The van der Waals surface area contributed by atoms with E-state index in [1.807, 2.05) is 61.0 Å². The van der Waals surface area contributed by atoms with Gasteiger partial charge < -0.3 is 19.6 Å². The lowest BCUT2D eigenvalue weighted by atomic mass is 10.1. The van der Waals surface area contributed by atoms with E-state index in [-0.39, 0.29) is 11.6 Å². The van der Waals surface area contributed by atoms with Crippen LogP contribution in [0.15, 0.2) is 89.4 Å². The summed E-state index contributed by atoms with van der Waals surface area (Å²) < 4.78 is 7.31. The first kappa shape index (κ1) is 21.8. The number of carbonyl (C=O) groups is 2. The molecule has 2 heterocycles. The zero-order chi connectivity index (χ0) is 23.2. The molecule has 0 saturated carbocycles. The van der Waals surface area contributed by atoms with Crippen molar-refractivity contribution in [2.24, 2.45) is 0 Å². The maximum Gasteiger partial charge on any atom is 0.268 e. The third-order valence-electron chi connectivity index (χ3n) is 5.21. The number of aryl methyl sites for hydroxylation is 2. The summed E-state index contributed by atoms with van der Waals surface area (Å²) in [4.78, 5) is 30.0. The summed E-state index contributed by atoms with van der Waals surface area (Å²) in [7, 11) is 0. The van der Waals surface area contributed by atoms with Gasteiger partial charge in [0.25, 0.3) is 11.8 Å². The highest BCUT2D eigenvalue weighted by Crippen LogP contribution is 2.13. The van der Waals surface area contributed by atoms with E-state index in [0.717, 1.165) is 22.6 Å². The van der Waals surface area contributed by atoms with Crippen LogP contribution in [0.2, 0.25) is 0 Å². The number of aromatic nitrogens is 2. The first-order valence-electron chi connectivity index (χ1n) is 10.5. The quantitative estimate of drug-likeness (QED) is 0.422. The number of rotatable bonds is 7. The smallest absolute Gasteiger partial charge is 0.268 e. The van der Waals surface area contributed by atoms with Gasteiger partial charge in [0.15, 0.2) is 0 Å². The Bertz CT molecular complexity index is 1290. The molecule has 7 heteroatoms. The first-order valence-corrected chi connectivity index (χ1v) is 10.5. The van der Waals surface area contributed by atoms with Gasteiger partial charge in [-0.15, -0.1) is 0 Å². The van der Waals surface area contributed by atoms with E-state index in [2.05, 4.69) is 15.6 Å². The van der Waals surface area contributed by atoms with Crippen LogP contribution in [-0.4, -0.2) is 21.4 Å². The van der Waals surface area contributed by atoms with Gasteiger partial charge >= 0.3 is 0 Å². The molecular formula is C26H24N4O3. The van der Waals surface area contributed by atoms with Crippen molar-refractivity contribution in [3.63, 3.8) is 0 Å². The molecule has 0 aliphatic rings. The van der Waals surface area contributed by atoms with E-state index < -0.39 is 5.91 Å². The van der Waals surface area contributed by atoms with E-state index in [1.165, 1.54) is 12.3 Å². The Balaban J connectivity index is 1.47. The number of nitrogens with zero attached hydrogens (tertiary/aromatic N) is 2. The summed E-state index contributed by atoms with van der Waals surface area (Å²) in [6.45, 7) is 4.09. The maximum absolute atomic E-state index is 12.9. The molecule has 0 spiro atoms. The van der Waals surface area contributed by atoms with E-state index >= 15 is 0 Å². The topological polar surface area (TPSA) is 89.2 Å². The van der Waals surface area contributed by atoms with Crippen molar-refractivity contribution in [1.82, 2.24) is 20.2 Å². The summed E-state index contributed by atoms with van der Waals surface area (Å²) >= 11 is 0. The summed E-state index contributed by atoms with van der Waals surface area (Å²) in [5.41, 5.74) is 3.34. The van der Waals surface area contributed by atoms with Crippen molar-refractivity contribution in [1.29, 1.82) is 0 Å². The molecule has 0 saturated heterocycles. The van der Waals surface area contributed by atoms with Crippen molar-refractivity contribution in [3.05, 3.63) is 113 Å². The van der Waals surface area contributed by atoms with Crippen LogP contribution in [0.5, 0.6) is 0 Å². The number of benzene rings is 2. The van der Waals surface area contributed by atoms with Crippen LogP contribution in [0, 0.1) is 13.8 Å².